The van der Waals surface area contributed by atoms with Gasteiger partial charge < -0.3 is 11.1 Å². The lowest BCUT2D eigenvalue weighted by Gasteiger charge is -2.30. The second kappa shape index (κ2) is 7.85. The molecule has 0 aromatic heterocycles. The molecule has 1 fully saturated rings. The molecule has 0 radical (unpaired) electrons. The predicted molar refractivity (Wildman–Crippen MR) is 90.4 cm³/mol. The highest BCUT2D eigenvalue weighted by Gasteiger charge is 2.25. The fraction of sp³-hybridized carbons (Fsp3) is 0.588. The van der Waals surface area contributed by atoms with Gasteiger partial charge in [0.15, 0.2) is 0 Å². The maximum Gasteiger partial charge on any atom is 0.241 e. The normalized spacial score (nSPS) is 23.6. The molecular weight excluding hydrogens is 280 g/mol. The number of rotatable bonds is 5. The summed E-state index contributed by atoms with van der Waals surface area (Å²) < 4.78 is 0. The van der Waals surface area contributed by atoms with E-state index in [9.17, 15) is 4.79 Å². The number of hydrogen-bond donors (Lipinski definition) is 2. The molecule has 3 atom stereocenters. The minimum Gasteiger partial charge on any atom is -0.352 e. The molecule has 0 spiro atoms. The van der Waals surface area contributed by atoms with E-state index in [4.69, 9.17) is 5.73 Å². The second-order valence-electron chi connectivity index (χ2n) is 5.84. The van der Waals surface area contributed by atoms with Gasteiger partial charge in [-0.25, -0.2) is 0 Å². The van der Waals surface area contributed by atoms with Crippen molar-refractivity contribution >= 4 is 17.7 Å². The van der Waals surface area contributed by atoms with E-state index in [1.54, 1.807) is 0 Å². The Kier molecular flexibility index (Phi) is 6.12. The molecule has 3 unspecified atom stereocenters. The lowest BCUT2D eigenvalue weighted by atomic mass is 9.94. The number of carbonyl (C=O) groups excluding carboxylic acids is 1. The van der Waals surface area contributed by atoms with Crippen LogP contribution in [0.15, 0.2) is 24.3 Å². The fourth-order valence-corrected chi connectivity index (χ4v) is 4.05. The van der Waals surface area contributed by atoms with Gasteiger partial charge in [-0.15, -0.1) is 0 Å². The lowest BCUT2D eigenvalue weighted by molar-refractivity contribution is -0.123. The maximum absolute atomic E-state index is 12.3. The predicted octanol–water partition coefficient (Wildman–Crippen LogP) is 3.18. The highest BCUT2D eigenvalue weighted by Crippen LogP contribution is 2.28. The molecule has 1 aromatic carbocycles. The van der Waals surface area contributed by atoms with Crippen molar-refractivity contribution in [1.29, 1.82) is 0 Å². The third kappa shape index (κ3) is 4.75. The zero-order valence-corrected chi connectivity index (χ0v) is 13.8. The second-order valence-corrected chi connectivity index (χ2v) is 7.42. The number of amides is 1. The number of benzene rings is 1. The molecular formula is C17H26N2OS. The van der Waals surface area contributed by atoms with Crippen LogP contribution in [-0.2, 0) is 4.79 Å². The van der Waals surface area contributed by atoms with E-state index in [-0.39, 0.29) is 11.9 Å². The molecule has 0 saturated heterocycles. The van der Waals surface area contributed by atoms with Crippen LogP contribution in [0, 0.1) is 6.92 Å². The monoisotopic (exact) mass is 306 g/mol. The third-order valence-electron chi connectivity index (χ3n) is 4.09. The average molecular weight is 306 g/mol. The first-order chi connectivity index (χ1) is 10.1. The molecule has 1 saturated carbocycles. The molecule has 1 amide bonds. The summed E-state index contributed by atoms with van der Waals surface area (Å²) >= 11 is 2.01. The SMILES string of the molecule is CCSC1CCCC(NC(=O)C(N)c2ccc(C)cc2)C1. The van der Waals surface area contributed by atoms with Gasteiger partial charge in [-0.1, -0.05) is 43.2 Å². The van der Waals surface area contributed by atoms with Crippen LogP contribution in [0.3, 0.4) is 0 Å². The van der Waals surface area contributed by atoms with Gasteiger partial charge in [0.25, 0.3) is 0 Å². The first-order valence-corrected chi connectivity index (χ1v) is 8.89. The molecule has 2 rings (SSSR count). The van der Waals surface area contributed by atoms with E-state index < -0.39 is 6.04 Å². The standard InChI is InChI=1S/C17H26N2OS/c1-3-21-15-6-4-5-14(11-15)19-17(20)16(18)13-9-7-12(2)8-10-13/h7-10,14-16H,3-6,11,18H2,1-2H3,(H,19,20). The van der Waals surface area contributed by atoms with E-state index in [1.807, 2.05) is 43.0 Å². The highest BCUT2D eigenvalue weighted by molar-refractivity contribution is 7.99. The largest absolute Gasteiger partial charge is 0.352 e. The van der Waals surface area contributed by atoms with Crippen LogP contribution < -0.4 is 11.1 Å². The number of carbonyl (C=O) groups is 1. The highest BCUT2D eigenvalue weighted by atomic mass is 32.2. The van der Waals surface area contributed by atoms with Crippen molar-refractivity contribution in [2.45, 2.75) is 56.9 Å². The minimum absolute atomic E-state index is 0.0500. The van der Waals surface area contributed by atoms with E-state index in [2.05, 4.69) is 12.2 Å². The van der Waals surface area contributed by atoms with Gasteiger partial charge in [-0.2, -0.15) is 11.8 Å². The number of nitrogens with one attached hydrogen (secondary N) is 1. The minimum atomic E-state index is -0.565. The summed E-state index contributed by atoms with van der Waals surface area (Å²) in [4.78, 5) is 12.3. The summed E-state index contributed by atoms with van der Waals surface area (Å²) in [6.45, 7) is 4.23. The van der Waals surface area contributed by atoms with Crippen molar-refractivity contribution in [2.75, 3.05) is 5.75 Å². The molecule has 1 aliphatic carbocycles. The number of nitrogens with two attached hydrogens (primary N) is 1. The third-order valence-corrected chi connectivity index (χ3v) is 5.33. The van der Waals surface area contributed by atoms with Crippen molar-refractivity contribution in [3.8, 4) is 0 Å². The van der Waals surface area contributed by atoms with Crippen LogP contribution in [-0.4, -0.2) is 23.0 Å². The van der Waals surface area contributed by atoms with E-state index in [0.717, 1.165) is 24.2 Å². The molecule has 21 heavy (non-hydrogen) atoms. The van der Waals surface area contributed by atoms with Gasteiger partial charge in [-0.3, -0.25) is 4.79 Å². The molecule has 3 N–H and O–H groups in total. The van der Waals surface area contributed by atoms with E-state index >= 15 is 0 Å². The molecule has 3 nitrogen and oxygen atoms in total. The van der Waals surface area contributed by atoms with Crippen LogP contribution in [0.2, 0.25) is 0 Å². The molecule has 0 aliphatic heterocycles. The van der Waals surface area contributed by atoms with Gasteiger partial charge in [-0.05, 0) is 37.5 Å². The van der Waals surface area contributed by atoms with Gasteiger partial charge >= 0.3 is 0 Å². The Hall–Kier alpha value is -1.00. The van der Waals surface area contributed by atoms with Crippen molar-refractivity contribution in [2.24, 2.45) is 5.73 Å². The number of thioether (sulfide) groups is 1. The van der Waals surface area contributed by atoms with Gasteiger partial charge in [0.2, 0.25) is 5.91 Å². The fourth-order valence-electron chi connectivity index (χ4n) is 2.88. The molecule has 1 aromatic rings. The van der Waals surface area contributed by atoms with Crippen LogP contribution in [0.1, 0.15) is 49.8 Å². The van der Waals surface area contributed by atoms with Crippen molar-refractivity contribution in [3.63, 3.8) is 0 Å². The van der Waals surface area contributed by atoms with Gasteiger partial charge in [0.05, 0.1) is 0 Å². The van der Waals surface area contributed by atoms with Crippen molar-refractivity contribution < 1.29 is 4.79 Å². The number of aryl methyl sites for hydroxylation is 1. The Balaban J connectivity index is 1.89. The van der Waals surface area contributed by atoms with Crippen molar-refractivity contribution in [1.82, 2.24) is 5.32 Å². The Morgan fingerprint density at radius 1 is 1.38 bits per heavy atom. The quantitative estimate of drug-likeness (QED) is 0.878. The Morgan fingerprint density at radius 3 is 2.76 bits per heavy atom. The average Bonchev–Trinajstić information content (AvgIpc) is 2.48. The molecule has 116 valence electrons. The zero-order valence-electron chi connectivity index (χ0n) is 13.0. The molecule has 4 heteroatoms. The van der Waals surface area contributed by atoms with Crippen molar-refractivity contribution in [3.05, 3.63) is 35.4 Å². The molecule has 0 bridgehead atoms. The van der Waals surface area contributed by atoms with Crippen LogP contribution in [0.4, 0.5) is 0 Å². The molecule has 0 heterocycles. The first kappa shape index (κ1) is 16.4. The summed E-state index contributed by atoms with van der Waals surface area (Å²) in [6, 6.07) is 7.59. The summed E-state index contributed by atoms with van der Waals surface area (Å²) in [5.41, 5.74) is 8.14. The van der Waals surface area contributed by atoms with E-state index in [1.165, 1.54) is 18.4 Å². The first-order valence-electron chi connectivity index (χ1n) is 7.84. The van der Waals surface area contributed by atoms with Crippen LogP contribution in [0.5, 0.6) is 0 Å². The number of hydrogen-bond acceptors (Lipinski definition) is 3. The zero-order chi connectivity index (χ0) is 15.2. The van der Waals surface area contributed by atoms with Crippen LogP contribution in [0.25, 0.3) is 0 Å². The van der Waals surface area contributed by atoms with Gasteiger partial charge in [0, 0.05) is 11.3 Å². The Morgan fingerprint density at radius 2 is 2.10 bits per heavy atom. The lowest BCUT2D eigenvalue weighted by Crippen LogP contribution is -2.43. The van der Waals surface area contributed by atoms with Gasteiger partial charge in [0.1, 0.15) is 6.04 Å². The topological polar surface area (TPSA) is 55.1 Å². The van der Waals surface area contributed by atoms with E-state index in [0.29, 0.717) is 5.25 Å². The summed E-state index contributed by atoms with van der Waals surface area (Å²) in [7, 11) is 0. The smallest absolute Gasteiger partial charge is 0.241 e. The summed E-state index contributed by atoms with van der Waals surface area (Å²) in [5, 5.41) is 3.83. The van der Waals surface area contributed by atoms with Crippen LogP contribution >= 0.6 is 11.8 Å². The molecule has 1 aliphatic rings. The Bertz CT molecular complexity index is 458. The summed E-state index contributed by atoms with van der Waals surface area (Å²) in [6.07, 6.45) is 4.62. The summed E-state index contributed by atoms with van der Waals surface area (Å²) in [5.74, 6) is 1.10. The Labute approximate surface area is 132 Å². The maximum atomic E-state index is 12.3.